The Bertz CT molecular complexity index is 1090. The predicted molar refractivity (Wildman–Crippen MR) is 104 cm³/mol. The fourth-order valence-electron chi connectivity index (χ4n) is 2.05. The molecule has 4 N–H and O–H groups in total. The lowest BCUT2D eigenvalue weighted by Gasteiger charge is -2.08. The van der Waals surface area contributed by atoms with E-state index < -0.39 is 20.9 Å². The summed E-state index contributed by atoms with van der Waals surface area (Å²) in [6, 6.07) is 6.26. The first kappa shape index (κ1) is 23.3. The van der Waals surface area contributed by atoms with Crippen LogP contribution < -0.4 is 10.6 Å². The average molecular weight is 457 g/mol. The fraction of sp³-hybridized carbons (Fsp3) is 0.133. The van der Waals surface area contributed by atoms with E-state index in [0.717, 1.165) is 6.07 Å². The first-order chi connectivity index (χ1) is 14.1. The molecule has 0 atom stereocenters. The molecule has 160 valence electrons. The molecule has 0 aliphatic carbocycles. The van der Waals surface area contributed by atoms with E-state index >= 15 is 0 Å². The van der Waals surface area contributed by atoms with Crippen LogP contribution >= 0.6 is 12.0 Å². The number of hydrogen-bond donors (Lipinski definition) is 4. The molecular formula is C15H15N5O8S2. The Morgan fingerprint density at radius 3 is 2.33 bits per heavy atom. The van der Waals surface area contributed by atoms with Gasteiger partial charge in [0.15, 0.2) is 5.82 Å². The minimum atomic E-state index is -4.64. The molecule has 1 aromatic carbocycles. The van der Waals surface area contributed by atoms with Gasteiger partial charge in [0.05, 0.1) is 12.0 Å². The van der Waals surface area contributed by atoms with Crippen LogP contribution in [0.5, 0.6) is 0 Å². The van der Waals surface area contributed by atoms with Crippen molar-refractivity contribution in [2.75, 3.05) is 10.6 Å². The topological polar surface area (TPSA) is 189 Å². The summed E-state index contributed by atoms with van der Waals surface area (Å²) in [5.74, 6) is -0.763. The number of carbonyl (C=O) groups is 2. The van der Waals surface area contributed by atoms with Gasteiger partial charge in [-0.2, -0.15) is 8.42 Å². The zero-order valence-corrected chi connectivity index (χ0v) is 17.0. The number of hydrogen-bond acceptors (Lipinski definition) is 11. The standard InChI is InChI=1S/C15H15N5O8S2/c1-8(21)16-14-6-4-11(15(18-14)17-9(2)22)19-20-12-7-10(29-28-27-23)3-5-13(12)30(24,25)26/h3-7,23H,1-2H3,(H,24,25,26)(H2,16,17,18,21,22)/b20-19+. The maximum Gasteiger partial charge on any atom is 0.296 e. The molecule has 0 bridgehead atoms. The van der Waals surface area contributed by atoms with E-state index in [9.17, 15) is 22.6 Å². The van der Waals surface area contributed by atoms with Crippen molar-refractivity contribution in [3.8, 4) is 0 Å². The highest BCUT2D eigenvalue weighted by Gasteiger charge is 2.17. The van der Waals surface area contributed by atoms with Crippen LogP contribution in [0.3, 0.4) is 0 Å². The highest BCUT2D eigenvalue weighted by Crippen LogP contribution is 2.33. The van der Waals surface area contributed by atoms with Crippen LogP contribution in [0.1, 0.15) is 13.8 Å². The van der Waals surface area contributed by atoms with Gasteiger partial charge in [0, 0.05) is 18.7 Å². The number of anilines is 2. The summed E-state index contributed by atoms with van der Waals surface area (Å²) in [5, 5.41) is 24.2. The maximum absolute atomic E-state index is 11.6. The summed E-state index contributed by atoms with van der Waals surface area (Å²) in [6.45, 7) is 2.51. The van der Waals surface area contributed by atoms with Gasteiger partial charge in [-0.05, 0) is 30.3 Å². The number of nitrogens with one attached hydrogen (secondary N) is 2. The summed E-state index contributed by atoms with van der Waals surface area (Å²) in [6.07, 6.45) is 0. The molecule has 2 amide bonds. The number of aromatic nitrogens is 1. The van der Waals surface area contributed by atoms with E-state index in [2.05, 4.69) is 35.2 Å². The van der Waals surface area contributed by atoms with Crippen molar-refractivity contribution >= 4 is 57.0 Å². The van der Waals surface area contributed by atoms with Crippen LogP contribution in [0, 0.1) is 0 Å². The highest BCUT2D eigenvalue weighted by molar-refractivity contribution is 7.94. The lowest BCUT2D eigenvalue weighted by Crippen LogP contribution is -2.11. The van der Waals surface area contributed by atoms with Crippen molar-refractivity contribution < 1.29 is 37.2 Å². The number of pyridine rings is 1. The van der Waals surface area contributed by atoms with Gasteiger partial charge in [-0.25, -0.2) is 10.2 Å². The smallest absolute Gasteiger partial charge is 0.296 e. The maximum atomic E-state index is 11.6. The van der Waals surface area contributed by atoms with E-state index in [-0.39, 0.29) is 33.8 Å². The van der Waals surface area contributed by atoms with Crippen LogP contribution in [0.4, 0.5) is 23.0 Å². The number of carbonyl (C=O) groups excluding carboxylic acids is 2. The molecule has 1 aromatic heterocycles. The van der Waals surface area contributed by atoms with Crippen LogP contribution in [-0.2, 0) is 29.1 Å². The van der Waals surface area contributed by atoms with Crippen molar-refractivity contribution in [1.29, 1.82) is 0 Å². The van der Waals surface area contributed by atoms with Crippen LogP contribution in [0.2, 0.25) is 0 Å². The Hall–Kier alpha value is -2.95. The highest BCUT2D eigenvalue weighted by atomic mass is 32.2. The molecule has 0 saturated heterocycles. The molecular weight excluding hydrogens is 442 g/mol. The van der Waals surface area contributed by atoms with Crippen LogP contribution in [-0.4, -0.2) is 35.0 Å². The second kappa shape index (κ2) is 10.2. The van der Waals surface area contributed by atoms with E-state index in [1.54, 1.807) is 0 Å². The van der Waals surface area contributed by atoms with Crippen LogP contribution in [0.25, 0.3) is 0 Å². The van der Waals surface area contributed by atoms with E-state index in [1.165, 1.54) is 38.1 Å². The molecule has 2 rings (SSSR count). The molecule has 0 fully saturated rings. The minimum Gasteiger partial charge on any atom is -0.311 e. The zero-order valence-electron chi connectivity index (χ0n) is 15.4. The second-order valence-corrected chi connectivity index (χ2v) is 7.62. The Morgan fingerprint density at radius 2 is 1.73 bits per heavy atom. The first-order valence-electron chi connectivity index (χ1n) is 7.84. The molecule has 0 saturated carbocycles. The van der Waals surface area contributed by atoms with Crippen molar-refractivity contribution in [1.82, 2.24) is 4.98 Å². The molecule has 30 heavy (non-hydrogen) atoms. The van der Waals surface area contributed by atoms with Crippen molar-refractivity contribution in [2.45, 2.75) is 23.6 Å². The van der Waals surface area contributed by atoms with E-state index in [4.69, 9.17) is 5.26 Å². The number of amides is 2. The monoisotopic (exact) mass is 457 g/mol. The second-order valence-electron chi connectivity index (χ2n) is 5.46. The molecule has 0 radical (unpaired) electrons. The third-order valence-corrected chi connectivity index (χ3v) is 4.58. The summed E-state index contributed by atoms with van der Waals surface area (Å²) in [4.78, 5) is 26.4. The quantitative estimate of drug-likeness (QED) is 0.151. The molecule has 0 unspecified atom stereocenters. The Morgan fingerprint density at radius 1 is 1.07 bits per heavy atom. The normalized spacial score (nSPS) is 11.5. The predicted octanol–water partition coefficient (Wildman–Crippen LogP) is 3.09. The first-order valence-corrected chi connectivity index (χ1v) is 10.0. The van der Waals surface area contributed by atoms with Gasteiger partial charge < -0.3 is 10.6 Å². The molecule has 0 aliphatic rings. The summed E-state index contributed by atoms with van der Waals surface area (Å²) in [7, 11) is -4.64. The molecule has 2 aromatic rings. The third kappa shape index (κ3) is 6.83. The molecule has 13 nitrogen and oxygen atoms in total. The van der Waals surface area contributed by atoms with Gasteiger partial charge in [0.2, 0.25) is 11.8 Å². The SMILES string of the molecule is CC(=O)Nc1ccc(/N=N/c2cc(SOOO)ccc2S(=O)(=O)O)c(NC(C)=O)n1. The van der Waals surface area contributed by atoms with Crippen molar-refractivity contribution in [3.05, 3.63) is 30.3 Å². The fourth-order valence-corrected chi connectivity index (χ4v) is 3.05. The Balaban J connectivity index is 2.48. The summed E-state index contributed by atoms with van der Waals surface area (Å²) < 4.78 is 36.8. The Labute approximate surface area is 174 Å². The lowest BCUT2D eigenvalue weighted by molar-refractivity contribution is -0.432. The molecule has 0 spiro atoms. The van der Waals surface area contributed by atoms with Gasteiger partial charge in [-0.1, -0.05) is 5.04 Å². The largest absolute Gasteiger partial charge is 0.311 e. The van der Waals surface area contributed by atoms with E-state index in [0.29, 0.717) is 12.0 Å². The lowest BCUT2D eigenvalue weighted by atomic mass is 10.3. The summed E-state index contributed by atoms with van der Waals surface area (Å²) in [5.41, 5.74) is -0.239. The number of azo groups is 1. The van der Waals surface area contributed by atoms with Gasteiger partial charge >= 0.3 is 0 Å². The van der Waals surface area contributed by atoms with Crippen molar-refractivity contribution in [2.24, 2.45) is 10.2 Å². The van der Waals surface area contributed by atoms with Crippen LogP contribution in [0.15, 0.2) is 50.4 Å². The van der Waals surface area contributed by atoms with Gasteiger partial charge in [-0.3, -0.25) is 14.1 Å². The Kier molecular flexibility index (Phi) is 7.93. The zero-order chi connectivity index (χ0) is 22.3. The minimum absolute atomic E-state index is 0.0357. The molecule has 0 aliphatic heterocycles. The molecule has 1 heterocycles. The van der Waals surface area contributed by atoms with Gasteiger partial charge in [-0.15, -0.1) is 14.6 Å². The van der Waals surface area contributed by atoms with Crippen molar-refractivity contribution in [3.63, 3.8) is 0 Å². The summed E-state index contributed by atoms with van der Waals surface area (Å²) >= 11 is 0.535. The number of nitrogens with zero attached hydrogens (tertiary/aromatic N) is 3. The van der Waals surface area contributed by atoms with Gasteiger partial charge in [0.1, 0.15) is 22.1 Å². The average Bonchev–Trinajstić information content (AvgIpc) is 2.64. The van der Waals surface area contributed by atoms with Gasteiger partial charge in [0.25, 0.3) is 10.1 Å². The van der Waals surface area contributed by atoms with E-state index in [1.807, 2.05) is 0 Å². The third-order valence-electron chi connectivity index (χ3n) is 3.11. The number of benzene rings is 1. The number of rotatable bonds is 8. The molecule has 15 heteroatoms.